The van der Waals surface area contributed by atoms with Crippen LogP contribution in [0, 0.1) is 6.92 Å². The summed E-state index contributed by atoms with van der Waals surface area (Å²) in [5.41, 5.74) is 5.11. The van der Waals surface area contributed by atoms with Crippen LogP contribution in [0.15, 0.2) is 71.9 Å². The van der Waals surface area contributed by atoms with Crippen LogP contribution in [0.1, 0.15) is 12.5 Å². The summed E-state index contributed by atoms with van der Waals surface area (Å²) < 4.78 is 3.95. The highest BCUT2D eigenvalue weighted by molar-refractivity contribution is 7.99. The lowest BCUT2D eigenvalue weighted by atomic mass is 10.1. The maximum atomic E-state index is 12.7. The summed E-state index contributed by atoms with van der Waals surface area (Å²) in [5.74, 6) is 0.106. The molecule has 5 rings (SSSR count). The fourth-order valence-electron chi connectivity index (χ4n) is 4.02. The number of carbonyl (C=O) groups is 1. The van der Waals surface area contributed by atoms with E-state index in [2.05, 4.69) is 56.6 Å². The molecule has 7 nitrogen and oxygen atoms in total. The Kier molecular flexibility index (Phi) is 5.36. The van der Waals surface area contributed by atoms with E-state index < -0.39 is 0 Å². The molecule has 2 heterocycles. The molecule has 0 saturated carbocycles. The van der Waals surface area contributed by atoms with E-state index in [4.69, 9.17) is 0 Å². The maximum absolute atomic E-state index is 12.7. The Hall–Kier alpha value is -3.65. The van der Waals surface area contributed by atoms with Crippen LogP contribution in [-0.2, 0) is 11.3 Å². The number of hydrogen-bond donors (Lipinski definition) is 1. The minimum Gasteiger partial charge on any atom is -0.341 e. The summed E-state index contributed by atoms with van der Waals surface area (Å²) in [7, 11) is 0. The number of nitrogens with one attached hydrogen (secondary N) is 1. The van der Waals surface area contributed by atoms with E-state index in [1.807, 2.05) is 49.4 Å². The summed E-state index contributed by atoms with van der Waals surface area (Å²) in [6.07, 6.45) is 0. The molecular formula is C24H22N6OS. The van der Waals surface area contributed by atoms with Gasteiger partial charge in [-0.2, -0.15) is 4.68 Å². The van der Waals surface area contributed by atoms with Crippen LogP contribution in [0.5, 0.6) is 0 Å². The third kappa shape index (κ3) is 3.62. The van der Waals surface area contributed by atoms with Crippen molar-refractivity contribution in [3.63, 3.8) is 0 Å². The first kappa shape index (κ1) is 20.3. The topological polar surface area (TPSA) is 77.6 Å². The van der Waals surface area contributed by atoms with Gasteiger partial charge in [-0.05, 0) is 60.2 Å². The van der Waals surface area contributed by atoms with E-state index in [-0.39, 0.29) is 11.7 Å². The van der Waals surface area contributed by atoms with E-state index in [0.29, 0.717) is 5.16 Å². The van der Waals surface area contributed by atoms with Gasteiger partial charge in [0.05, 0.1) is 11.4 Å². The molecule has 0 bridgehead atoms. The quantitative estimate of drug-likeness (QED) is 0.381. The lowest BCUT2D eigenvalue weighted by Crippen LogP contribution is -2.14. The Morgan fingerprint density at radius 2 is 1.78 bits per heavy atom. The van der Waals surface area contributed by atoms with Gasteiger partial charge in [-0.3, -0.25) is 4.79 Å². The van der Waals surface area contributed by atoms with Gasteiger partial charge in [0.25, 0.3) is 0 Å². The molecule has 0 fully saturated rings. The second-order valence-electron chi connectivity index (χ2n) is 7.49. The number of anilines is 1. The molecule has 0 aliphatic carbocycles. The Bertz CT molecular complexity index is 1440. The zero-order valence-corrected chi connectivity index (χ0v) is 18.6. The van der Waals surface area contributed by atoms with Gasteiger partial charge < -0.3 is 9.88 Å². The first-order valence-corrected chi connectivity index (χ1v) is 11.4. The predicted octanol–water partition coefficient (Wildman–Crippen LogP) is 4.83. The van der Waals surface area contributed by atoms with Crippen molar-refractivity contribution in [2.75, 3.05) is 11.1 Å². The van der Waals surface area contributed by atoms with Gasteiger partial charge >= 0.3 is 0 Å². The largest absolute Gasteiger partial charge is 0.341 e. The molecule has 1 N–H and O–H groups in total. The molecule has 3 aromatic carbocycles. The van der Waals surface area contributed by atoms with Gasteiger partial charge in [0, 0.05) is 34.0 Å². The highest BCUT2D eigenvalue weighted by Gasteiger charge is 2.14. The van der Waals surface area contributed by atoms with Crippen LogP contribution < -0.4 is 5.32 Å². The number of nitrogens with zero attached hydrogens (tertiary/aromatic N) is 5. The summed E-state index contributed by atoms with van der Waals surface area (Å²) in [5, 5.41) is 17.9. The molecule has 0 aliphatic rings. The van der Waals surface area contributed by atoms with Crippen molar-refractivity contribution >= 4 is 45.2 Å². The first-order valence-electron chi connectivity index (χ1n) is 10.4. The minimum atomic E-state index is -0.104. The van der Waals surface area contributed by atoms with Gasteiger partial charge in [-0.1, -0.05) is 48.2 Å². The van der Waals surface area contributed by atoms with Gasteiger partial charge in [0.1, 0.15) is 0 Å². The second kappa shape index (κ2) is 8.47. The summed E-state index contributed by atoms with van der Waals surface area (Å²) in [6.45, 7) is 5.04. The molecule has 0 saturated heterocycles. The average Bonchev–Trinajstić information content (AvgIpc) is 3.40. The van der Waals surface area contributed by atoms with Crippen LogP contribution in [0.2, 0.25) is 0 Å². The van der Waals surface area contributed by atoms with E-state index in [1.165, 1.54) is 28.2 Å². The number of tetrazole rings is 1. The molecule has 0 aliphatic heterocycles. The van der Waals surface area contributed by atoms with Gasteiger partial charge in [0.15, 0.2) is 0 Å². The monoisotopic (exact) mass is 442 g/mol. The number of fused-ring (bicyclic) bond motifs is 3. The number of carbonyl (C=O) groups excluding carboxylic acids is 1. The standard InChI is InChI=1S/C24H22N6OS/c1-3-29-21-11-7-5-9-18(21)19-14-17(12-13-22(19)29)25-23(31)15-32-24-26-27-28-30(24)20-10-6-4-8-16(20)2/h4-14H,3,15H2,1-2H3,(H,25,31). The molecule has 0 radical (unpaired) electrons. The number of aryl methyl sites for hydroxylation is 2. The third-order valence-electron chi connectivity index (χ3n) is 5.49. The van der Waals surface area contributed by atoms with Crippen LogP contribution in [0.25, 0.3) is 27.5 Å². The van der Waals surface area contributed by atoms with Crippen LogP contribution >= 0.6 is 11.8 Å². The predicted molar refractivity (Wildman–Crippen MR) is 128 cm³/mol. The first-order chi connectivity index (χ1) is 15.7. The zero-order valence-electron chi connectivity index (χ0n) is 17.8. The van der Waals surface area contributed by atoms with E-state index in [0.717, 1.165) is 28.9 Å². The minimum absolute atomic E-state index is 0.104. The maximum Gasteiger partial charge on any atom is 0.234 e. The zero-order chi connectivity index (χ0) is 22.1. The molecule has 160 valence electrons. The molecule has 32 heavy (non-hydrogen) atoms. The lowest BCUT2D eigenvalue weighted by Gasteiger charge is -2.08. The van der Waals surface area contributed by atoms with Crippen molar-refractivity contribution < 1.29 is 4.79 Å². The van der Waals surface area contributed by atoms with Crippen molar-refractivity contribution in [3.05, 3.63) is 72.3 Å². The van der Waals surface area contributed by atoms with E-state index >= 15 is 0 Å². The Morgan fingerprint density at radius 3 is 2.62 bits per heavy atom. The molecule has 8 heteroatoms. The molecule has 0 atom stereocenters. The third-order valence-corrected chi connectivity index (χ3v) is 6.41. The highest BCUT2D eigenvalue weighted by Crippen LogP contribution is 2.31. The smallest absolute Gasteiger partial charge is 0.234 e. The van der Waals surface area contributed by atoms with E-state index in [9.17, 15) is 4.79 Å². The fraction of sp³-hybridized carbons (Fsp3) is 0.167. The van der Waals surface area contributed by atoms with Crippen molar-refractivity contribution in [2.24, 2.45) is 0 Å². The molecule has 2 aromatic heterocycles. The van der Waals surface area contributed by atoms with Gasteiger partial charge in [0.2, 0.25) is 11.1 Å². The van der Waals surface area contributed by atoms with Crippen molar-refractivity contribution in [3.8, 4) is 5.69 Å². The number of para-hydroxylation sites is 2. The molecule has 5 aromatic rings. The average molecular weight is 443 g/mol. The highest BCUT2D eigenvalue weighted by atomic mass is 32.2. The van der Waals surface area contributed by atoms with Gasteiger partial charge in [-0.15, -0.1) is 5.10 Å². The number of hydrogen-bond acceptors (Lipinski definition) is 5. The molecule has 0 unspecified atom stereocenters. The second-order valence-corrected chi connectivity index (χ2v) is 8.43. The number of rotatable bonds is 6. The summed E-state index contributed by atoms with van der Waals surface area (Å²) >= 11 is 1.31. The van der Waals surface area contributed by atoms with Crippen LogP contribution in [-0.4, -0.2) is 36.4 Å². The normalized spacial score (nSPS) is 11.3. The van der Waals surface area contributed by atoms with Crippen LogP contribution in [0.3, 0.4) is 0 Å². The van der Waals surface area contributed by atoms with Crippen molar-refractivity contribution in [1.82, 2.24) is 24.8 Å². The van der Waals surface area contributed by atoms with Crippen LogP contribution in [0.4, 0.5) is 5.69 Å². The number of amides is 1. The Labute approximate surface area is 189 Å². The lowest BCUT2D eigenvalue weighted by molar-refractivity contribution is -0.113. The van der Waals surface area contributed by atoms with Crippen molar-refractivity contribution in [1.29, 1.82) is 0 Å². The Morgan fingerprint density at radius 1 is 1.00 bits per heavy atom. The number of benzene rings is 3. The van der Waals surface area contributed by atoms with Gasteiger partial charge in [-0.25, -0.2) is 0 Å². The number of aromatic nitrogens is 5. The summed E-state index contributed by atoms with van der Waals surface area (Å²) in [6, 6.07) is 22.3. The van der Waals surface area contributed by atoms with Crippen molar-refractivity contribution in [2.45, 2.75) is 25.5 Å². The SMILES string of the molecule is CCn1c2ccccc2c2cc(NC(=O)CSc3nnnn3-c3ccccc3C)ccc21. The molecule has 1 amide bonds. The van der Waals surface area contributed by atoms with E-state index in [1.54, 1.807) is 4.68 Å². The fourth-order valence-corrected chi connectivity index (χ4v) is 4.70. The number of thioether (sulfide) groups is 1. The molecule has 0 spiro atoms. The Balaban J connectivity index is 1.34. The summed E-state index contributed by atoms with van der Waals surface area (Å²) in [4.78, 5) is 12.7. The molecular weight excluding hydrogens is 420 g/mol.